The first-order valence-corrected chi connectivity index (χ1v) is 20.4. The first-order valence-electron chi connectivity index (χ1n) is 20.4. The van der Waals surface area contributed by atoms with Crippen LogP contribution in [-0.4, -0.2) is 15.0 Å². The van der Waals surface area contributed by atoms with Gasteiger partial charge in [-0.25, -0.2) is 0 Å². The number of hydrogen-bond donors (Lipinski definition) is 0. The number of halogens is 2. The summed E-state index contributed by atoms with van der Waals surface area (Å²) in [6.07, 6.45) is 7.53. The Balaban J connectivity index is 0.00000504. The fourth-order valence-corrected chi connectivity index (χ4v) is 7.93. The van der Waals surface area contributed by atoms with Crippen LogP contribution in [0.3, 0.4) is 0 Å². The molecule has 0 bridgehead atoms. The van der Waals surface area contributed by atoms with Crippen LogP contribution in [0.5, 0.6) is 23.0 Å². The zero-order chi connectivity index (χ0) is 41.8. The molecule has 0 radical (unpaired) electrons. The fraction of sp³-hybridized carbons (Fsp3) is 0.0727. The van der Waals surface area contributed by atoms with E-state index in [1.807, 2.05) is 84.9 Å². The number of fused-ring (bicyclic) bond motifs is 2. The van der Waals surface area contributed by atoms with Crippen molar-refractivity contribution in [2.75, 3.05) is 0 Å². The van der Waals surface area contributed by atoms with E-state index in [1.165, 1.54) is 0 Å². The number of nitrogens with zero attached hydrogens (tertiary/aromatic N) is 3. The minimum atomic E-state index is -0.356. The van der Waals surface area contributed by atoms with Crippen LogP contribution in [0.15, 0.2) is 170 Å². The van der Waals surface area contributed by atoms with Gasteiger partial charge in [0.1, 0.15) is 0 Å². The molecule has 306 valence electrons. The van der Waals surface area contributed by atoms with Gasteiger partial charge in [0, 0.05) is 30.2 Å². The number of aromatic nitrogens is 3. The average molecular weight is 1000 g/mol. The largest absolute Gasteiger partial charge is 3.00 e. The van der Waals surface area contributed by atoms with Crippen LogP contribution in [0, 0.1) is 29.8 Å². The second-order valence-corrected chi connectivity index (χ2v) is 15.1. The summed E-state index contributed by atoms with van der Waals surface area (Å²) in [5, 5.41) is 0. The first kappa shape index (κ1) is 41.2. The molecule has 1 aliphatic rings. The van der Waals surface area contributed by atoms with Crippen molar-refractivity contribution in [3.63, 3.8) is 0 Å². The predicted molar refractivity (Wildman–Crippen MR) is 238 cm³/mol. The molecule has 0 fully saturated rings. The molecule has 0 aliphatic carbocycles. The van der Waals surface area contributed by atoms with Gasteiger partial charge < -0.3 is 24.4 Å². The molecule has 0 saturated heterocycles. The van der Waals surface area contributed by atoms with E-state index in [0.29, 0.717) is 76.8 Å². The van der Waals surface area contributed by atoms with Crippen LogP contribution >= 0.6 is 0 Å². The van der Waals surface area contributed by atoms with E-state index in [2.05, 4.69) is 63.5 Å². The van der Waals surface area contributed by atoms with Gasteiger partial charge in [-0.15, -0.1) is 59.7 Å². The molecule has 0 unspecified atom stereocenters. The third kappa shape index (κ3) is 8.82. The summed E-state index contributed by atoms with van der Waals surface area (Å²) in [5.41, 5.74) is 10.8. The van der Waals surface area contributed by atoms with Gasteiger partial charge in [-0.3, -0.25) is 8.78 Å². The maximum Gasteiger partial charge on any atom is 3.00 e. The molecule has 63 heavy (non-hydrogen) atoms. The minimum absolute atomic E-state index is 0. The first-order chi connectivity index (χ1) is 30.5. The van der Waals surface area contributed by atoms with Gasteiger partial charge >= 0.3 is 20.1 Å². The number of hydrogen-bond acceptors (Lipinski definition) is 5. The molecule has 6 aromatic carbocycles. The van der Waals surface area contributed by atoms with E-state index in [1.54, 1.807) is 55.0 Å². The fourth-order valence-electron chi connectivity index (χ4n) is 7.93. The van der Waals surface area contributed by atoms with Gasteiger partial charge in [-0.1, -0.05) is 126 Å². The Morgan fingerprint density at radius 2 is 0.857 bits per heavy atom. The quantitative estimate of drug-likeness (QED) is 0.121. The van der Waals surface area contributed by atoms with Gasteiger partial charge in [0.2, 0.25) is 0 Å². The zero-order valence-electron chi connectivity index (χ0n) is 33.7. The van der Waals surface area contributed by atoms with Crippen molar-refractivity contribution in [2.45, 2.75) is 25.7 Å². The second-order valence-electron chi connectivity index (χ2n) is 15.1. The molecule has 10 rings (SSSR count). The summed E-state index contributed by atoms with van der Waals surface area (Å²) < 4.78 is 44.1. The van der Waals surface area contributed by atoms with Crippen LogP contribution in [0.4, 0.5) is 8.78 Å². The summed E-state index contributed by atoms with van der Waals surface area (Å²) in [6, 6.07) is 57.6. The SMILES string of the molecule is Fc1cc(CCc2cc(CCc3c[c-]c(-c4ccccn4)c(F)c3)cc(-c3ccccc3-c3c[c-]c(-c4ccccn4)c4c3Oc3ccccc3O4)c2)c[c-]c1-c1ccccn1.[Ir+3]. The molecule has 9 aromatic rings. The third-order valence-electron chi connectivity index (χ3n) is 11.0. The Kier molecular flexibility index (Phi) is 12.1. The van der Waals surface area contributed by atoms with Crippen molar-refractivity contribution in [3.05, 3.63) is 222 Å². The summed E-state index contributed by atoms with van der Waals surface area (Å²) in [4.78, 5) is 13.2. The van der Waals surface area contributed by atoms with E-state index < -0.39 is 0 Å². The molecular formula is C55H36F2IrN3O2. The van der Waals surface area contributed by atoms with Crippen molar-refractivity contribution in [3.8, 4) is 79.0 Å². The summed E-state index contributed by atoms with van der Waals surface area (Å²) in [7, 11) is 0. The predicted octanol–water partition coefficient (Wildman–Crippen LogP) is 13.4. The molecule has 0 saturated carbocycles. The van der Waals surface area contributed by atoms with Crippen LogP contribution in [0.25, 0.3) is 56.0 Å². The standard InChI is InChI=1S/C55H36F2N3O2.Ir/c56-47-34-36(22-24-44(47)49-13-5-8-28-58-49)18-20-38-31-39(21-19-37-23-25-45(48(57)35-37)50-14-6-9-29-59-50)33-40(32-38)41-11-1-2-12-42(41)43-26-27-46(51-15-7-10-30-60-51)55-54(43)61-52-16-3-4-17-53(52)62-55;/h1-17,22-23,26,28-35H,18-21H2;/q-3;+3. The molecule has 0 spiro atoms. The second kappa shape index (κ2) is 18.5. The van der Waals surface area contributed by atoms with E-state index in [0.717, 1.165) is 50.2 Å². The van der Waals surface area contributed by atoms with Crippen LogP contribution < -0.4 is 9.47 Å². The molecule has 8 heteroatoms. The topological polar surface area (TPSA) is 57.1 Å². The molecule has 3 aromatic heterocycles. The monoisotopic (exact) mass is 1000 g/mol. The molecule has 0 amide bonds. The van der Waals surface area contributed by atoms with E-state index in [-0.39, 0.29) is 31.7 Å². The molecule has 0 N–H and O–H groups in total. The molecular weight excluding hydrogens is 965 g/mol. The Morgan fingerprint density at radius 3 is 1.37 bits per heavy atom. The van der Waals surface area contributed by atoms with Crippen LogP contribution in [0.1, 0.15) is 22.3 Å². The maximum absolute atomic E-state index is 15.4. The number of benzene rings is 6. The Bertz CT molecular complexity index is 2950. The van der Waals surface area contributed by atoms with Gasteiger partial charge in [0.05, 0.1) is 11.5 Å². The van der Waals surface area contributed by atoms with Gasteiger partial charge in [-0.05, 0) is 88.1 Å². The van der Waals surface area contributed by atoms with E-state index in [4.69, 9.17) is 9.47 Å². The summed E-state index contributed by atoms with van der Waals surface area (Å²) >= 11 is 0. The van der Waals surface area contributed by atoms with E-state index in [9.17, 15) is 0 Å². The zero-order valence-corrected chi connectivity index (χ0v) is 36.1. The molecule has 0 atom stereocenters. The summed E-state index contributed by atoms with van der Waals surface area (Å²) in [5.74, 6) is 1.63. The smallest absolute Gasteiger partial charge is 0.494 e. The maximum atomic E-state index is 15.4. The van der Waals surface area contributed by atoms with E-state index >= 15 is 8.78 Å². The normalized spacial score (nSPS) is 11.4. The Labute approximate surface area is 378 Å². The summed E-state index contributed by atoms with van der Waals surface area (Å²) in [6.45, 7) is 0. The van der Waals surface area contributed by atoms with Crippen LogP contribution in [-0.2, 0) is 45.8 Å². The molecule has 1 aliphatic heterocycles. The number of aryl methyl sites for hydroxylation is 4. The average Bonchev–Trinajstić information content (AvgIpc) is 3.32. The third-order valence-corrected chi connectivity index (χ3v) is 11.0. The van der Waals surface area contributed by atoms with Gasteiger partial charge in [0.15, 0.2) is 11.5 Å². The van der Waals surface area contributed by atoms with Gasteiger partial charge in [0.25, 0.3) is 0 Å². The Morgan fingerprint density at radius 1 is 0.413 bits per heavy atom. The number of pyridine rings is 3. The number of para-hydroxylation sites is 2. The van der Waals surface area contributed by atoms with Crippen molar-refractivity contribution in [2.24, 2.45) is 0 Å². The minimum Gasteiger partial charge on any atom is -0.494 e. The number of ether oxygens (including phenoxy) is 2. The van der Waals surface area contributed by atoms with Crippen molar-refractivity contribution in [1.82, 2.24) is 15.0 Å². The van der Waals surface area contributed by atoms with Crippen LogP contribution in [0.2, 0.25) is 0 Å². The van der Waals surface area contributed by atoms with Gasteiger partial charge in [-0.2, -0.15) is 0 Å². The van der Waals surface area contributed by atoms with Crippen molar-refractivity contribution >= 4 is 0 Å². The van der Waals surface area contributed by atoms with Crippen molar-refractivity contribution in [1.29, 1.82) is 0 Å². The molecule has 4 heterocycles. The Hall–Kier alpha value is -7.12. The van der Waals surface area contributed by atoms with Crippen molar-refractivity contribution < 1.29 is 38.4 Å². The number of rotatable bonds is 11. The molecule has 5 nitrogen and oxygen atoms in total.